The van der Waals surface area contributed by atoms with Crippen LogP contribution in [0.1, 0.15) is 17.2 Å². The Morgan fingerprint density at radius 1 is 1.03 bits per heavy atom. The number of hydrogen-bond donors (Lipinski definition) is 2. The molecule has 0 radical (unpaired) electrons. The van der Waals surface area contributed by atoms with Gasteiger partial charge in [-0.15, -0.1) is 0 Å². The first-order valence-corrected chi connectivity index (χ1v) is 10.3. The Hall–Kier alpha value is -2.77. The molecular weight excluding hydrogens is 380 g/mol. The molecule has 2 aromatic rings. The minimum atomic E-state index is 0.259. The largest absolute Gasteiger partial charge is 0.493 e. The highest BCUT2D eigenvalue weighted by Gasteiger charge is 2.22. The van der Waals surface area contributed by atoms with Gasteiger partial charge < -0.3 is 24.8 Å². The average molecular weight is 413 g/mol. The number of hydrogen-bond acceptors (Lipinski definition) is 5. The van der Waals surface area contributed by atoms with Crippen LogP contribution in [-0.2, 0) is 11.3 Å². The van der Waals surface area contributed by atoms with Gasteiger partial charge in [-0.1, -0.05) is 36.4 Å². The van der Waals surface area contributed by atoms with Gasteiger partial charge >= 0.3 is 0 Å². The summed E-state index contributed by atoms with van der Waals surface area (Å²) < 4.78 is 16.2. The maximum atomic E-state index is 5.54. The Bertz CT molecular complexity index is 807. The lowest BCUT2D eigenvalue weighted by Crippen LogP contribution is -2.46. The van der Waals surface area contributed by atoms with Crippen molar-refractivity contribution in [3.8, 4) is 11.5 Å². The van der Waals surface area contributed by atoms with Crippen LogP contribution in [0, 0.1) is 0 Å². The smallest absolute Gasteiger partial charge is 0.191 e. The average Bonchev–Trinajstić information content (AvgIpc) is 2.82. The van der Waals surface area contributed by atoms with E-state index in [9.17, 15) is 0 Å². The lowest BCUT2D eigenvalue weighted by atomic mass is 10.0. The second-order valence-corrected chi connectivity index (χ2v) is 7.07. The number of aliphatic imine (C=N–C) groups is 1. The van der Waals surface area contributed by atoms with Crippen LogP contribution in [-0.4, -0.2) is 65.0 Å². The molecule has 1 atom stereocenters. The van der Waals surface area contributed by atoms with Crippen LogP contribution >= 0.6 is 0 Å². The molecule has 0 spiro atoms. The molecule has 162 valence electrons. The number of ether oxygens (including phenoxy) is 3. The zero-order chi connectivity index (χ0) is 21.2. The molecular formula is C23H32N4O3. The molecule has 1 aliphatic rings. The van der Waals surface area contributed by atoms with E-state index in [2.05, 4.69) is 50.9 Å². The third kappa shape index (κ3) is 5.87. The molecule has 0 bridgehead atoms. The van der Waals surface area contributed by atoms with Crippen LogP contribution in [0.5, 0.6) is 11.5 Å². The molecule has 1 heterocycles. The van der Waals surface area contributed by atoms with Gasteiger partial charge in [-0.2, -0.15) is 0 Å². The summed E-state index contributed by atoms with van der Waals surface area (Å²) in [4.78, 5) is 6.85. The molecule has 0 amide bonds. The van der Waals surface area contributed by atoms with Crippen molar-refractivity contribution in [1.82, 2.24) is 15.5 Å². The Morgan fingerprint density at radius 2 is 1.77 bits per heavy atom. The Balaban J connectivity index is 1.61. The maximum Gasteiger partial charge on any atom is 0.191 e. The van der Waals surface area contributed by atoms with E-state index in [0.29, 0.717) is 6.54 Å². The van der Waals surface area contributed by atoms with Gasteiger partial charge in [0.2, 0.25) is 0 Å². The summed E-state index contributed by atoms with van der Waals surface area (Å²) in [6, 6.07) is 16.8. The summed E-state index contributed by atoms with van der Waals surface area (Å²) in [5, 5.41) is 6.87. The standard InChI is InChI=1S/C23H32N4O3/c1-24-23(25-16-18-9-10-21(28-2)22(15-18)29-3)26-17-20(19-7-5-4-6-8-19)27-11-13-30-14-12-27/h4-10,15,20H,11-14,16-17H2,1-3H3,(H2,24,25,26). The van der Waals surface area contributed by atoms with Crippen molar-refractivity contribution >= 4 is 5.96 Å². The van der Waals surface area contributed by atoms with Crippen LogP contribution in [0.3, 0.4) is 0 Å². The van der Waals surface area contributed by atoms with E-state index < -0.39 is 0 Å². The summed E-state index contributed by atoms with van der Waals surface area (Å²) >= 11 is 0. The minimum absolute atomic E-state index is 0.259. The molecule has 2 aromatic carbocycles. The Morgan fingerprint density at radius 3 is 2.43 bits per heavy atom. The van der Waals surface area contributed by atoms with Crippen molar-refractivity contribution in [2.45, 2.75) is 12.6 Å². The highest BCUT2D eigenvalue weighted by molar-refractivity contribution is 5.79. The number of morpholine rings is 1. The SMILES string of the molecule is CN=C(NCc1ccc(OC)c(OC)c1)NCC(c1ccccc1)N1CCOCC1. The third-order valence-corrected chi connectivity index (χ3v) is 5.27. The third-order valence-electron chi connectivity index (χ3n) is 5.27. The fourth-order valence-corrected chi connectivity index (χ4v) is 3.61. The van der Waals surface area contributed by atoms with E-state index in [4.69, 9.17) is 14.2 Å². The zero-order valence-corrected chi connectivity index (χ0v) is 18.1. The van der Waals surface area contributed by atoms with Crippen LogP contribution in [0.15, 0.2) is 53.5 Å². The monoisotopic (exact) mass is 412 g/mol. The van der Waals surface area contributed by atoms with Crippen molar-refractivity contribution in [1.29, 1.82) is 0 Å². The van der Waals surface area contributed by atoms with Crippen molar-refractivity contribution < 1.29 is 14.2 Å². The van der Waals surface area contributed by atoms with Gasteiger partial charge in [-0.25, -0.2) is 0 Å². The highest BCUT2D eigenvalue weighted by Crippen LogP contribution is 2.27. The van der Waals surface area contributed by atoms with Gasteiger partial charge in [-0.05, 0) is 23.3 Å². The zero-order valence-electron chi connectivity index (χ0n) is 18.1. The van der Waals surface area contributed by atoms with Gasteiger partial charge in [0.1, 0.15) is 0 Å². The Kier molecular flexibility index (Phi) is 8.35. The van der Waals surface area contributed by atoms with E-state index in [-0.39, 0.29) is 6.04 Å². The number of rotatable bonds is 8. The number of guanidine groups is 1. The molecule has 0 aliphatic carbocycles. The summed E-state index contributed by atoms with van der Waals surface area (Å²) in [6.45, 7) is 4.80. The quantitative estimate of drug-likeness (QED) is 0.513. The maximum absolute atomic E-state index is 5.54. The number of benzene rings is 2. The first-order chi connectivity index (χ1) is 14.7. The fraction of sp³-hybridized carbons (Fsp3) is 0.435. The van der Waals surface area contributed by atoms with E-state index in [1.54, 1.807) is 21.3 Å². The van der Waals surface area contributed by atoms with E-state index >= 15 is 0 Å². The molecule has 0 saturated carbocycles. The van der Waals surface area contributed by atoms with Crippen LogP contribution in [0.4, 0.5) is 0 Å². The van der Waals surface area contributed by atoms with Crippen molar-refractivity contribution in [2.75, 3.05) is 54.1 Å². The van der Waals surface area contributed by atoms with E-state index in [0.717, 1.165) is 55.9 Å². The first-order valence-electron chi connectivity index (χ1n) is 10.3. The van der Waals surface area contributed by atoms with Gasteiger partial charge in [0, 0.05) is 33.2 Å². The van der Waals surface area contributed by atoms with Crippen molar-refractivity contribution in [3.05, 3.63) is 59.7 Å². The van der Waals surface area contributed by atoms with E-state index in [1.165, 1.54) is 5.56 Å². The van der Waals surface area contributed by atoms with Gasteiger partial charge in [0.05, 0.1) is 33.5 Å². The van der Waals surface area contributed by atoms with Crippen molar-refractivity contribution in [2.24, 2.45) is 4.99 Å². The van der Waals surface area contributed by atoms with Gasteiger partial charge in [0.15, 0.2) is 17.5 Å². The molecule has 0 aromatic heterocycles. The summed E-state index contributed by atoms with van der Waals surface area (Å²) in [5.74, 6) is 2.20. The molecule has 1 saturated heterocycles. The first kappa shape index (κ1) is 21.9. The topological polar surface area (TPSA) is 67.4 Å². The predicted octanol–water partition coefficient (Wildman–Crippen LogP) is 2.44. The lowest BCUT2D eigenvalue weighted by molar-refractivity contribution is 0.0170. The fourth-order valence-electron chi connectivity index (χ4n) is 3.61. The van der Waals surface area contributed by atoms with Crippen LogP contribution in [0.2, 0.25) is 0 Å². The van der Waals surface area contributed by atoms with Gasteiger partial charge in [-0.3, -0.25) is 9.89 Å². The molecule has 7 nitrogen and oxygen atoms in total. The molecule has 1 fully saturated rings. The van der Waals surface area contributed by atoms with Crippen molar-refractivity contribution in [3.63, 3.8) is 0 Å². The van der Waals surface area contributed by atoms with Gasteiger partial charge in [0.25, 0.3) is 0 Å². The summed E-state index contributed by atoms with van der Waals surface area (Å²) in [5.41, 5.74) is 2.38. The molecule has 1 unspecified atom stereocenters. The molecule has 1 aliphatic heterocycles. The summed E-state index contributed by atoms with van der Waals surface area (Å²) in [6.07, 6.45) is 0. The minimum Gasteiger partial charge on any atom is -0.493 e. The number of nitrogens with one attached hydrogen (secondary N) is 2. The lowest BCUT2D eigenvalue weighted by Gasteiger charge is -2.35. The molecule has 2 N–H and O–H groups in total. The predicted molar refractivity (Wildman–Crippen MR) is 119 cm³/mol. The number of nitrogens with zero attached hydrogens (tertiary/aromatic N) is 2. The van der Waals surface area contributed by atoms with Crippen LogP contribution < -0.4 is 20.1 Å². The van der Waals surface area contributed by atoms with E-state index in [1.807, 2.05) is 18.2 Å². The summed E-state index contributed by atoms with van der Waals surface area (Å²) in [7, 11) is 5.07. The highest BCUT2D eigenvalue weighted by atomic mass is 16.5. The van der Waals surface area contributed by atoms with Crippen LogP contribution in [0.25, 0.3) is 0 Å². The normalized spacial score (nSPS) is 16.0. The molecule has 7 heteroatoms. The number of methoxy groups -OCH3 is 2. The second-order valence-electron chi connectivity index (χ2n) is 7.07. The molecule has 3 rings (SSSR count). The molecule has 30 heavy (non-hydrogen) atoms. The second kappa shape index (κ2) is 11.4. The Labute approximate surface area is 179 Å².